The fraction of sp³-hybridized carbons (Fsp3) is 0.190. The topological polar surface area (TPSA) is 102 Å². The molecule has 0 fully saturated rings. The van der Waals surface area contributed by atoms with E-state index in [4.69, 9.17) is 5.73 Å². The van der Waals surface area contributed by atoms with Gasteiger partial charge in [0.15, 0.2) is 0 Å². The number of fused-ring (bicyclic) bond motifs is 1. The van der Waals surface area contributed by atoms with Gasteiger partial charge >= 0.3 is 0 Å². The second-order valence-electron chi connectivity index (χ2n) is 6.86. The highest BCUT2D eigenvalue weighted by Crippen LogP contribution is 2.29. The minimum Gasteiger partial charge on any atom is -0.394 e. The molecule has 7 nitrogen and oxygen atoms in total. The molecule has 1 aromatic carbocycles. The molecule has 0 aliphatic carbocycles. The van der Waals surface area contributed by atoms with Crippen LogP contribution in [0, 0.1) is 6.92 Å². The summed E-state index contributed by atoms with van der Waals surface area (Å²) < 4.78 is 1.71. The molecule has 0 saturated carbocycles. The third-order valence-corrected chi connectivity index (χ3v) is 4.76. The molecule has 28 heavy (non-hydrogen) atoms. The molecule has 4 rings (SSSR count). The maximum atomic E-state index is 9.26. The molecule has 0 aliphatic rings. The first-order valence-electron chi connectivity index (χ1n) is 9.09. The van der Waals surface area contributed by atoms with Crippen molar-refractivity contribution < 1.29 is 5.11 Å². The van der Waals surface area contributed by atoms with Crippen LogP contribution in [-0.2, 0) is 0 Å². The summed E-state index contributed by atoms with van der Waals surface area (Å²) in [5.41, 5.74) is 10.0. The fourth-order valence-electron chi connectivity index (χ4n) is 3.12. The number of aromatic nitrogens is 4. The molecular weight excluding hydrogens is 352 g/mol. The second-order valence-corrected chi connectivity index (χ2v) is 6.86. The highest BCUT2D eigenvalue weighted by Gasteiger charge is 2.10. The Kier molecular flexibility index (Phi) is 4.67. The molecular formula is C21H22N6O. The summed E-state index contributed by atoms with van der Waals surface area (Å²) in [5.74, 6) is 1.14. The summed E-state index contributed by atoms with van der Waals surface area (Å²) in [6, 6.07) is 12.0. The predicted octanol–water partition coefficient (Wildman–Crippen LogP) is 3.68. The Bertz CT molecular complexity index is 1140. The fourth-order valence-corrected chi connectivity index (χ4v) is 3.12. The Morgan fingerprint density at radius 2 is 2.04 bits per heavy atom. The predicted molar refractivity (Wildman–Crippen MR) is 111 cm³/mol. The number of rotatable bonds is 5. The lowest BCUT2D eigenvalue weighted by molar-refractivity contribution is 0.230. The van der Waals surface area contributed by atoms with Crippen LogP contribution in [0.2, 0.25) is 0 Å². The molecule has 0 radical (unpaired) electrons. The quantitative estimate of drug-likeness (QED) is 0.492. The van der Waals surface area contributed by atoms with Gasteiger partial charge in [0.05, 0.1) is 30.2 Å². The number of pyridine rings is 2. The number of nitrogens with one attached hydrogen (secondary N) is 1. The average molecular weight is 374 g/mol. The second kappa shape index (κ2) is 7.28. The van der Waals surface area contributed by atoms with Crippen LogP contribution in [0.4, 0.5) is 17.3 Å². The van der Waals surface area contributed by atoms with Crippen molar-refractivity contribution in [2.24, 2.45) is 0 Å². The minimum absolute atomic E-state index is 0.0311. The zero-order chi connectivity index (χ0) is 19.7. The number of aliphatic hydroxyl groups is 1. The third-order valence-electron chi connectivity index (χ3n) is 4.76. The first kappa shape index (κ1) is 17.9. The van der Waals surface area contributed by atoms with E-state index >= 15 is 0 Å². The van der Waals surface area contributed by atoms with E-state index in [1.165, 1.54) is 0 Å². The van der Waals surface area contributed by atoms with Crippen molar-refractivity contribution >= 4 is 28.1 Å². The molecule has 3 heterocycles. The number of aliphatic hydroxyl groups excluding tert-OH is 1. The highest BCUT2D eigenvalue weighted by atomic mass is 16.3. The summed E-state index contributed by atoms with van der Waals surface area (Å²) in [5, 5.41) is 18.5. The third kappa shape index (κ3) is 3.39. The van der Waals surface area contributed by atoms with Crippen LogP contribution < -0.4 is 11.1 Å². The number of hydrogen-bond donors (Lipinski definition) is 3. The van der Waals surface area contributed by atoms with E-state index in [9.17, 15) is 5.11 Å². The number of nitrogens with two attached hydrogens (primary N) is 1. The summed E-state index contributed by atoms with van der Waals surface area (Å²) in [6.07, 6.45) is 5.27. The summed E-state index contributed by atoms with van der Waals surface area (Å²) in [4.78, 5) is 9.00. The Hall–Kier alpha value is -3.45. The Balaban J connectivity index is 1.70. The van der Waals surface area contributed by atoms with Crippen molar-refractivity contribution in [1.82, 2.24) is 19.7 Å². The van der Waals surface area contributed by atoms with Crippen LogP contribution in [0.3, 0.4) is 0 Å². The molecule has 0 spiro atoms. The van der Waals surface area contributed by atoms with Gasteiger partial charge in [-0.25, -0.2) is 9.97 Å². The molecule has 0 saturated heterocycles. The molecule has 1 atom stereocenters. The van der Waals surface area contributed by atoms with Gasteiger partial charge in [-0.3, -0.25) is 4.68 Å². The number of anilines is 3. The van der Waals surface area contributed by atoms with Gasteiger partial charge in [0.25, 0.3) is 0 Å². The molecule has 0 aliphatic heterocycles. The summed E-state index contributed by atoms with van der Waals surface area (Å²) in [6.45, 7) is 3.99. The van der Waals surface area contributed by atoms with E-state index in [1.807, 2.05) is 43.5 Å². The van der Waals surface area contributed by atoms with E-state index in [2.05, 4.69) is 33.4 Å². The van der Waals surface area contributed by atoms with Crippen LogP contribution in [0.15, 0.2) is 55.0 Å². The normalized spacial score (nSPS) is 12.2. The molecule has 0 amide bonds. The van der Waals surface area contributed by atoms with Gasteiger partial charge in [0.2, 0.25) is 0 Å². The van der Waals surface area contributed by atoms with Crippen molar-refractivity contribution in [3.05, 3.63) is 60.6 Å². The first-order valence-corrected chi connectivity index (χ1v) is 9.09. The average Bonchev–Trinajstić information content (AvgIpc) is 3.16. The van der Waals surface area contributed by atoms with Crippen LogP contribution in [-0.4, -0.2) is 31.5 Å². The van der Waals surface area contributed by atoms with Gasteiger partial charge in [0.1, 0.15) is 11.6 Å². The lowest BCUT2D eigenvalue weighted by Crippen LogP contribution is -2.09. The van der Waals surface area contributed by atoms with Crippen molar-refractivity contribution in [3.8, 4) is 11.3 Å². The molecule has 4 N–H and O–H groups in total. The SMILES string of the molecule is Cc1ccccc1-c1cc2cc(Nc3cnn([C@@H](C)CO)c3)ncc2c(N)n1. The number of hydrogen-bond acceptors (Lipinski definition) is 6. The van der Waals surface area contributed by atoms with Gasteiger partial charge in [-0.1, -0.05) is 24.3 Å². The van der Waals surface area contributed by atoms with Crippen molar-refractivity contribution in [1.29, 1.82) is 0 Å². The molecule has 7 heteroatoms. The number of benzene rings is 1. The van der Waals surface area contributed by atoms with E-state index in [-0.39, 0.29) is 12.6 Å². The number of nitrogens with zero attached hydrogens (tertiary/aromatic N) is 4. The summed E-state index contributed by atoms with van der Waals surface area (Å²) in [7, 11) is 0. The number of aryl methyl sites for hydroxylation is 1. The van der Waals surface area contributed by atoms with Crippen molar-refractivity contribution in [2.75, 3.05) is 17.7 Å². The minimum atomic E-state index is -0.0809. The monoisotopic (exact) mass is 374 g/mol. The Morgan fingerprint density at radius 3 is 2.82 bits per heavy atom. The number of nitrogen functional groups attached to an aromatic ring is 1. The van der Waals surface area contributed by atoms with Crippen LogP contribution >= 0.6 is 0 Å². The van der Waals surface area contributed by atoms with Gasteiger partial charge in [0, 0.05) is 23.3 Å². The zero-order valence-corrected chi connectivity index (χ0v) is 15.8. The van der Waals surface area contributed by atoms with E-state index < -0.39 is 0 Å². The van der Waals surface area contributed by atoms with Crippen LogP contribution in [0.25, 0.3) is 22.0 Å². The standard InChI is InChI=1S/C21H22N6O/c1-13-5-3-4-6-17(13)19-7-15-8-20(23-10-18(15)21(22)26-19)25-16-9-24-27(11-16)14(2)12-28/h3-11,14,28H,12H2,1-2H3,(H2,22,26)(H,23,25)/t14-/m0/s1. The van der Waals surface area contributed by atoms with E-state index in [0.717, 1.165) is 33.3 Å². The van der Waals surface area contributed by atoms with Crippen molar-refractivity contribution in [2.45, 2.75) is 19.9 Å². The van der Waals surface area contributed by atoms with Crippen LogP contribution in [0.5, 0.6) is 0 Å². The van der Waals surface area contributed by atoms with Gasteiger partial charge < -0.3 is 16.2 Å². The van der Waals surface area contributed by atoms with Crippen molar-refractivity contribution in [3.63, 3.8) is 0 Å². The molecule has 0 bridgehead atoms. The lowest BCUT2D eigenvalue weighted by Gasteiger charge is -2.10. The zero-order valence-electron chi connectivity index (χ0n) is 15.8. The molecule has 142 valence electrons. The summed E-state index contributed by atoms with van der Waals surface area (Å²) >= 11 is 0. The van der Waals surface area contributed by atoms with Gasteiger partial charge in [-0.15, -0.1) is 0 Å². The lowest BCUT2D eigenvalue weighted by atomic mass is 10.0. The molecule has 4 aromatic rings. The van der Waals surface area contributed by atoms with Gasteiger partial charge in [-0.2, -0.15) is 5.10 Å². The Morgan fingerprint density at radius 1 is 1.21 bits per heavy atom. The van der Waals surface area contributed by atoms with Crippen LogP contribution in [0.1, 0.15) is 18.5 Å². The molecule has 3 aromatic heterocycles. The van der Waals surface area contributed by atoms with E-state index in [0.29, 0.717) is 11.6 Å². The van der Waals surface area contributed by atoms with E-state index in [1.54, 1.807) is 17.1 Å². The molecule has 0 unspecified atom stereocenters. The van der Waals surface area contributed by atoms with Gasteiger partial charge in [-0.05, 0) is 36.9 Å². The largest absolute Gasteiger partial charge is 0.394 e. The maximum Gasteiger partial charge on any atom is 0.133 e. The highest BCUT2D eigenvalue weighted by molar-refractivity contribution is 5.94. The smallest absolute Gasteiger partial charge is 0.133 e. The first-order chi connectivity index (χ1) is 13.5. The maximum absolute atomic E-state index is 9.26. The Labute approximate surface area is 162 Å².